The highest BCUT2D eigenvalue weighted by atomic mass is 79.9. The number of hydrogen-bond donors (Lipinski definition) is 1. The van der Waals surface area contributed by atoms with Crippen LogP contribution in [0.3, 0.4) is 0 Å². The van der Waals surface area contributed by atoms with Gasteiger partial charge in [0.05, 0.1) is 16.8 Å². The molecular formula is C14H17BrClN3O2S. The fourth-order valence-electron chi connectivity index (χ4n) is 1.88. The van der Waals surface area contributed by atoms with Crippen molar-refractivity contribution in [1.29, 1.82) is 0 Å². The van der Waals surface area contributed by atoms with Crippen LogP contribution in [0.1, 0.15) is 25.3 Å². The minimum Gasteiger partial charge on any atom is -0.265 e. The Kier molecular flexibility index (Phi) is 5.88. The van der Waals surface area contributed by atoms with E-state index >= 15 is 0 Å². The maximum Gasteiger partial charge on any atom is 0.233 e. The van der Waals surface area contributed by atoms with Crippen molar-refractivity contribution in [2.75, 3.05) is 10.5 Å². The quantitative estimate of drug-likeness (QED) is 0.758. The van der Waals surface area contributed by atoms with Crippen molar-refractivity contribution in [2.45, 2.75) is 26.3 Å². The molecule has 5 nitrogen and oxygen atoms in total. The molecule has 0 radical (unpaired) electrons. The SMILES string of the molecule is CCCCS(=O)(=O)Nc1nn(Cc2ccccc2Cl)cc1Br. The van der Waals surface area contributed by atoms with Crippen molar-refractivity contribution in [3.63, 3.8) is 0 Å². The molecule has 22 heavy (non-hydrogen) atoms. The fraction of sp³-hybridized carbons (Fsp3) is 0.357. The maximum absolute atomic E-state index is 11.9. The molecule has 2 rings (SSSR count). The molecule has 1 heterocycles. The van der Waals surface area contributed by atoms with Crippen molar-refractivity contribution in [1.82, 2.24) is 9.78 Å². The summed E-state index contributed by atoms with van der Waals surface area (Å²) in [6.07, 6.45) is 3.16. The number of halogens is 2. The Bertz CT molecular complexity index is 746. The van der Waals surface area contributed by atoms with Gasteiger partial charge >= 0.3 is 0 Å². The number of benzene rings is 1. The Morgan fingerprint density at radius 2 is 2.09 bits per heavy atom. The number of unbranched alkanes of at least 4 members (excludes halogenated alkanes) is 1. The molecule has 120 valence electrons. The lowest BCUT2D eigenvalue weighted by molar-refractivity contribution is 0.597. The summed E-state index contributed by atoms with van der Waals surface area (Å²) in [5.74, 6) is 0.385. The van der Waals surface area contributed by atoms with E-state index in [0.717, 1.165) is 12.0 Å². The third-order valence-corrected chi connectivity index (χ3v) is 5.31. The zero-order valence-electron chi connectivity index (χ0n) is 12.1. The van der Waals surface area contributed by atoms with Gasteiger partial charge in [0.25, 0.3) is 0 Å². The van der Waals surface area contributed by atoms with Gasteiger partial charge in [-0.3, -0.25) is 9.40 Å². The van der Waals surface area contributed by atoms with Crippen LogP contribution in [0.4, 0.5) is 5.82 Å². The van der Waals surface area contributed by atoms with Gasteiger partial charge in [0.1, 0.15) is 0 Å². The Labute approximate surface area is 143 Å². The van der Waals surface area contributed by atoms with Gasteiger partial charge < -0.3 is 0 Å². The highest BCUT2D eigenvalue weighted by molar-refractivity contribution is 9.10. The molecule has 1 aromatic carbocycles. The third kappa shape index (κ3) is 4.72. The molecule has 0 spiro atoms. The number of aromatic nitrogens is 2. The second-order valence-electron chi connectivity index (χ2n) is 4.89. The van der Waals surface area contributed by atoms with Crippen molar-refractivity contribution >= 4 is 43.4 Å². The summed E-state index contributed by atoms with van der Waals surface area (Å²) >= 11 is 9.45. The third-order valence-electron chi connectivity index (χ3n) is 3.03. The predicted molar refractivity (Wildman–Crippen MR) is 92.8 cm³/mol. The smallest absolute Gasteiger partial charge is 0.233 e. The Morgan fingerprint density at radius 1 is 1.36 bits per heavy atom. The van der Waals surface area contributed by atoms with Crippen molar-refractivity contribution in [2.24, 2.45) is 0 Å². The highest BCUT2D eigenvalue weighted by Gasteiger charge is 2.15. The van der Waals surface area contributed by atoms with Gasteiger partial charge in [-0.05, 0) is 34.0 Å². The van der Waals surface area contributed by atoms with E-state index in [-0.39, 0.29) is 5.75 Å². The van der Waals surface area contributed by atoms with Gasteiger partial charge in [0.2, 0.25) is 10.0 Å². The molecule has 8 heteroatoms. The second kappa shape index (κ2) is 7.48. The summed E-state index contributed by atoms with van der Waals surface area (Å²) in [6, 6.07) is 7.47. The normalized spacial score (nSPS) is 11.6. The van der Waals surface area contributed by atoms with E-state index in [9.17, 15) is 8.42 Å². The van der Waals surface area contributed by atoms with Crippen molar-refractivity contribution in [3.8, 4) is 0 Å². The molecule has 0 aliphatic carbocycles. The van der Waals surface area contributed by atoms with Gasteiger partial charge in [-0.1, -0.05) is 43.1 Å². The predicted octanol–water partition coefficient (Wildman–Crippen LogP) is 3.89. The summed E-state index contributed by atoms with van der Waals surface area (Å²) in [4.78, 5) is 0. The van der Waals surface area contributed by atoms with Gasteiger partial charge in [-0.25, -0.2) is 8.42 Å². The lowest BCUT2D eigenvalue weighted by Gasteiger charge is -2.05. The minimum atomic E-state index is -3.37. The van der Waals surface area contributed by atoms with Crippen LogP contribution in [-0.4, -0.2) is 24.0 Å². The first-order valence-corrected chi connectivity index (χ1v) is 9.70. The van der Waals surface area contributed by atoms with E-state index in [4.69, 9.17) is 11.6 Å². The van der Waals surface area contributed by atoms with E-state index < -0.39 is 10.0 Å². The molecule has 0 aliphatic rings. The molecule has 0 bridgehead atoms. The van der Waals surface area contributed by atoms with E-state index in [1.54, 1.807) is 10.9 Å². The molecular weight excluding hydrogens is 390 g/mol. The number of sulfonamides is 1. The van der Waals surface area contributed by atoms with Crippen LogP contribution in [-0.2, 0) is 16.6 Å². The number of nitrogens with one attached hydrogen (secondary N) is 1. The average molecular weight is 407 g/mol. The van der Waals surface area contributed by atoms with Gasteiger partial charge in [0.15, 0.2) is 5.82 Å². The summed E-state index contributed by atoms with van der Waals surface area (Å²) in [6.45, 7) is 2.42. The minimum absolute atomic E-state index is 0.0906. The summed E-state index contributed by atoms with van der Waals surface area (Å²) in [7, 11) is -3.37. The summed E-state index contributed by atoms with van der Waals surface area (Å²) in [5.41, 5.74) is 0.916. The van der Waals surface area contributed by atoms with Gasteiger partial charge in [0, 0.05) is 11.2 Å². The Balaban J connectivity index is 2.13. The average Bonchev–Trinajstić information content (AvgIpc) is 2.78. The molecule has 0 fully saturated rings. The lowest BCUT2D eigenvalue weighted by atomic mass is 10.2. The van der Waals surface area contributed by atoms with Crippen LogP contribution < -0.4 is 4.72 Å². The zero-order chi connectivity index (χ0) is 16.2. The zero-order valence-corrected chi connectivity index (χ0v) is 15.2. The van der Waals surface area contributed by atoms with Crippen LogP contribution in [0.5, 0.6) is 0 Å². The Morgan fingerprint density at radius 3 is 2.77 bits per heavy atom. The van der Waals surface area contributed by atoms with Crippen LogP contribution >= 0.6 is 27.5 Å². The number of rotatable bonds is 7. The fourth-order valence-corrected chi connectivity index (χ4v) is 3.84. The molecule has 0 unspecified atom stereocenters. The van der Waals surface area contributed by atoms with Crippen molar-refractivity contribution in [3.05, 3.63) is 45.5 Å². The first-order chi connectivity index (χ1) is 10.4. The maximum atomic E-state index is 11.9. The highest BCUT2D eigenvalue weighted by Crippen LogP contribution is 2.23. The van der Waals surface area contributed by atoms with Crippen LogP contribution in [0.15, 0.2) is 34.9 Å². The first kappa shape index (κ1) is 17.3. The monoisotopic (exact) mass is 405 g/mol. The molecule has 0 saturated carbocycles. The number of anilines is 1. The van der Waals surface area contributed by atoms with Crippen molar-refractivity contribution < 1.29 is 8.42 Å². The molecule has 0 saturated heterocycles. The van der Waals surface area contributed by atoms with E-state index in [2.05, 4.69) is 25.8 Å². The van der Waals surface area contributed by atoms with Gasteiger partial charge in [-0.2, -0.15) is 5.10 Å². The number of hydrogen-bond acceptors (Lipinski definition) is 3. The van der Waals surface area contributed by atoms with Crippen LogP contribution in [0.25, 0.3) is 0 Å². The summed E-state index contributed by atoms with van der Waals surface area (Å²) < 4.78 is 28.6. The molecule has 1 N–H and O–H groups in total. The molecule has 0 atom stereocenters. The topological polar surface area (TPSA) is 64.0 Å². The lowest BCUT2D eigenvalue weighted by Crippen LogP contribution is -2.17. The second-order valence-corrected chi connectivity index (χ2v) is 7.99. The first-order valence-electron chi connectivity index (χ1n) is 6.88. The largest absolute Gasteiger partial charge is 0.265 e. The van der Waals surface area contributed by atoms with E-state index in [1.807, 2.05) is 31.2 Å². The van der Waals surface area contributed by atoms with E-state index in [1.165, 1.54) is 0 Å². The van der Waals surface area contributed by atoms with Gasteiger partial charge in [-0.15, -0.1) is 0 Å². The molecule has 2 aromatic rings. The van der Waals surface area contributed by atoms with Crippen LogP contribution in [0.2, 0.25) is 5.02 Å². The molecule has 0 aliphatic heterocycles. The van der Waals surface area contributed by atoms with Crippen LogP contribution in [0, 0.1) is 0 Å². The summed E-state index contributed by atoms with van der Waals surface area (Å²) in [5, 5.41) is 4.91. The van der Waals surface area contributed by atoms with E-state index in [0.29, 0.717) is 28.3 Å². The molecule has 1 aromatic heterocycles. The Hall–Kier alpha value is -1.05. The standard InChI is InChI=1S/C14H17BrClN3O2S/c1-2-3-8-22(20,21)18-14-12(15)10-19(17-14)9-11-6-4-5-7-13(11)16/h4-7,10H,2-3,8-9H2,1H3,(H,17,18). The number of nitrogens with zero attached hydrogens (tertiary/aromatic N) is 2. The molecule has 0 amide bonds.